The first-order chi connectivity index (χ1) is 11.2. The Kier molecular flexibility index (Phi) is 4.83. The highest BCUT2D eigenvalue weighted by atomic mass is 35.5. The molecule has 0 unspecified atom stereocenters. The van der Waals surface area contributed by atoms with Gasteiger partial charge in [-0.05, 0) is 18.2 Å². The molecule has 0 aliphatic carbocycles. The Bertz CT molecular complexity index is 916. The van der Waals surface area contributed by atoms with Gasteiger partial charge in [0.25, 0.3) is 5.56 Å². The van der Waals surface area contributed by atoms with Crippen LogP contribution in [0.25, 0.3) is 5.69 Å². The van der Waals surface area contributed by atoms with Gasteiger partial charge in [-0.1, -0.05) is 16.8 Å². The second-order valence-corrected chi connectivity index (χ2v) is 5.07. The van der Waals surface area contributed by atoms with Gasteiger partial charge < -0.3 is 4.84 Å². The lowest BCUT2D eigenvalue weighted by Gasteiger charge is -2.14. The van der Waals surface area contributed by atoms with Crippen LogP contribution in [0.3, 0.4) is 0 Å². The van der Waals surface area contributed by atoms with Gasteiger partial charge in [0.2, 0.25) is 0 Å². The molecule has 0 saturated heterocycles. The number of aromatic nitrogens is 2. The van der Waals surface area contributed by atoms with Gasteiger partial charge in [-0.15, -0.1) is 0 Å². The summed E-state index contributed by atoms with van der Waals surface area (Å²) in [6.07, 6.45) is -3.58. The summed E-state index contributed by atoms with van der Waals surface area (Å²) in [6, 6.07) is 4.42. The van der Waals surface area contributed by atoms with Gasteiger partial charge in [0, 0.05) is 23.7 Å². The average Bonchev–Trinajstić information content (AvgIpc) is 2.50. The molecule has 1 heterocycles. The zero-order valence-electron chi connectivity index (χ0n) is 12.5. The third-order valence-electron chi connectivity index (χ3n) is 3.15. The molecule has 0 aliphatic heterocycles. The number of alkyl halides is 3. The minimum atomic E-state index is -4.82. The lowest BCUT2D eigenvalue weighted by molar-refractivity contribution is -0.144. The zero-order valence-corrected chi connectivity index (χ0v) is 13.2. The highest BCUT2D eigenvalue weighted by Gasteiger charge is 2.35. The standard InChI is InChI=1S/C14H11ClF3N3O3/c1-20-11(14(16,17)18)6-12(22)21(13(20)23)9-3-4-10(15)8(5-9)7-19-24-2/h3-7H,1-2H3. The van der Waals surface area contributed by atoms with Crippen LogP contribution in [0.5, 0.6) is 0 Å². The van der Waals surface area contributed by atoms with Crippen LogP contribution in [0.1, 0.15) is 11.3 Å². The van der Waals surface area contributed by atoms with Crippen LogP contribution < -0.4 is 11.2 Å². The number of halogens is 4. The van der Waals surface area contributed by atoms with Crippen LogP contribution in [-0.2, 0) is 18.1 Å². The molecule has 10 heteroatoms. The van der Waals surface area contributed by atoms with Crippen molar-refractivity contribution in [2.45, 2.75) is 6.18 Å². The van der Waals surface area contributed by atoms with Crippen molar-refractivity contribution in [2.75, 3.05) is 7.11 Å². The Morgan fingerprint density at radius 3 is 2.50 bits per heavy atom. The number of nitrogens with zero attached hydrogens (tertiary/aromatic N) is 3. The van der Waals surface area contributed by atoms with Crippen molar-refractivity contribution < 1.29 is 18.0 Å². The summed E-state index contributed by atoms with van der Waals surface area (Å²) in [5.74, 6) is 0. The monoisotopic (exact) mass is 361 g/mol. The van der Waals surface area contributed by atoms with Gasteiger partial charge in [-0.25, -0.2) is 9.36 Å². The Balaban J connectivity index is 2.71. The second-order valence-electron chi connectivity index (χ2n) is 4.67. The van der Waals surface area contributed by atoms with Crippen molar-refractivity contribution in [3.63, 3.8) is 0 Å². The van der Waals surface area contributed by atoms with Gasteiger partial charge >= 0.3 is 11.9 Å². The minimum Gasteiger partial charge on any atom is -0.399 e. The molecule has 6 nitrogen and oxygen atoms in total. The van der Waals surface area contributed by atoms with Crippen LogP contribution >= 0.6 is 11.6 Å². The van der Waals surface area contributed by atoms with Crippen LogP contribution in [0.15, 0.2) is 39.0 Å². The number of benzene rings is 1. The van der Waals surface area contributed by atoms with Crippen LogP contribution in [0, 0.1) is 0 Å². The topological polar surface area (TPSA) is 65.6 Å². The molecule has 0 amide bonds. The largest absolute Gasteiger partial charge is 0.431 e. The highest BCUT2D eigenvalue weighted by Crippen LogP contribution is 2.27. The van der Waals surface area contributed by atoms with E-state index in [0.29, 0.717) is 20.8 Å². The molecule has 0 aliphatic rings. The lowest BCUT2D eigenvalue weighted by Crippen LogP contribution is -2.40. The van der Waals surface area contributed by atoms with E-state index in [1.807, 2.05) is 0 Å². The summed E-state index contributed by atoms with van der Waals surface area (Å²) in [4.78, 5) is 28.7. The molecule has 0 saturated carbocycles. The normalized spacial score (nSPS) is 11.9. The maximum Gasteiger partial charge on any atom is 0.431 e. The first kappa shape index (κ1) is 17.8. The van der Waals surface area contributed by atoms with E-state index < -0.39 is 23.1 Å². The first-order valence-corrected chi connectivity index (χ1v) is 6.81. The van der Waals surface area contributed by atoms with Crippen molar-refractivity contribution >= 4 is 17.8 Å². The van der Waals surface area contributed by atoms with Crippen LogP contribution in [0.2, 0.25) is 5.02 Å². The fourth-order valence-electron chi connectivity index (χ4n) is 2.01. The van der Waals surface area contributed by atoms with Gasteiger partial charge in [-0.2, -0.15) is 13.2 Å². The summed E-state index contributed by atoms with van der Waals surface area (Å²) in [5.41, 5.74) is -3.20. The average molecular weight is 362 g/mol. The number of hydrogen-bond acceptors (Lipinski definition) is 4. The maximum atomic E-state index is 12.8. The molecule has 0 fully saturated rings. The van der Waals surface area contributed by atoms with E-state index in [9.17, 15) is 22.8 Å². The molecule has 2 aromatic rings. The Hall–Kier alpha value is -2.55. The van der Waals surface area contributed by atoms with Crippen LogP contribution in [0.4, 0.5) is 13.2 Å². The molecule has 0 N–H and O–H groups in total. The third-order valence-corrected chi connectivity index (χ3v) is 3.49. The van der Waals surface area contributed by atoms with Crippen molar-refractivity contribution in [3.05, 3.63) is 61.4 Å². The molecule has 0 atom stereocenters. The summed E-state index contributed by atoms with van der Waals surface area (Å²) in [6.45, 7) is 0. The van der Waals surface area contributed by atoms with Crippen molar-refractivity contribution in [3.8, 4) is 5.69 Å². The molecule has 0 spiro atoms. The van der Waals surface area contributed by atoms with Crippen molar-refractivity contribution in [1.82, 2.24) is 9.13 Å². The number of rotatable bonds is 3. The molecule has 0 radical (unpaired) electrons. The molecular weight excluding hydrogens is 351 g/mol. The molecule has 1 aromatic heterocycles. The summed E-state index contributed by atoms with van der Waals surface area (Å²) in [7, 11) is 2.24. The van der Waals surface area contributed by atoms with Crippen molar-refractivity contribution in [1.29, 1.82) is 0 Å². The van der Waals surface area contributed by atoms with E-state index in [2.05, 4.69) is 9.99 Å². The SMILES string of the molecule is CON=Cc1cc(-n2c(=O)cc(C(F)(F)F)n(C)c2=O)ccc1Cl. The molecule has 2 rings (SSSR count). The van der Waals surface area contributed by atoms with Gasteiger partial charge in [0.1, 0.15) is 12.8 Å². The number of hydrogen-bond donors (Lipinski definition) is 0. The Morgan fingerprint density at radius 2 is 1.92 bits per heavy atom. The Labute approximate surface area is 138 Å². The zero-order chi connectivity index (χ0) is 18.1. The van der Waals surface area contributed by atoms with E-state index in [0.717, 1.165) is 7.05 Å². The quantitative estimate of drug-likeness (QED) is 0.622. The summed E-state index contributed by atoms with van der Waals surface area (Å²) < 4.78 is 39.5. The van der Waals surface area contributed by atoms with E-state index in [1.54, 1.807) is 0 Å². The molecule has 0 bridgehead atoms. The van der Waals surface area contributed by atoms with Gasteiger partial charge in [0.05, 0.1) is 11.9 Å². The molecule has 1 aromatic carbocycles. The van der Waals surface area contributed by atoms with E-state index in [4.69, 9.17) is 11.6 Å². The van der Waals surface area contributed by atoms with Crippen molar-refractivity contribution in [2.24, 2.45) is 12.2 Å². The van der Waals surface area contributed by atoms with Crippen LogP contribution in [-0.4, -0.2) is 22.5 Å². The summed E-state index contributed by atoms with van der Waals surface area (Å²) >= 11 is 5.95. The minimum absolute atomic E-state index is 0.0521. The predicted molar refractivity (Wildman–Crippen MR) is 81.9 cm³/mol. The molecule has 128 valence electrons. The fraction of sp³-hybridized carbons (Fsp3) is 0.214. The maximum absolute atomic E-state index is 12.8. The third kappa shape index (κ3) is 3.35. The Morgan fingerprint density at radius 1 is 1.25 bits per heavy atom. The summed E-state index contributed by atoms with van der Waals surface area (Å²) in [5, 5.41) is 3.78. The van der Waals surface area contributed by atoms with Gasteiger partial charge in [0.15, 0.2) is 0 Å². The predicted octanol–water partition coefficient (Wildman–Crippen LogP) is 2.19. The first-order valence-electron chi connectivity index (χ1n) is 6.43. The van der Waals surface area contributed by atoms with Gasteiger partial charge in [-0.3, -0.25) is 9.36 Å². The number of oxime groups is 1. The lowest BCUT2D eigenvalue weighted by atomic mass is 10.2. The van der Waals surface area contributed by atoms with E-state index in [1.165, 1.54) is 31.5 Å². The highest BCUT2D eigenvalue weighted by molar-refractivity contribution is 6.33. The second kappa shape index (κ2) is 6.52. The molecule has 24 heavy (non-hydrogen) atoms. The smallest absolute Gasteiger partial charge is 0.399 e. The van der Waals surface area contributed by atoms with E-state index >= 15 is 0 Å². The van der Waals surface area contributed by atoms with E-state index in [-0.39, 0.29) is 10.7 Å². The fourth-order valence-corrected chi connectivity index (χ4v) is 2.18. The molecular formula is C14H11ClF3N3O3.